The number of anilines is 1. The Balaban J connectivity index is 1.78. The molecule has 1 N–H and O–H groups in total. The second-order valence-corrected chi connectivity index (χ2v) is 4.75. The van der Waals surface area contributed by atoms with E-state index in [0.29, 0.717) is 0 Å². The van der Waals surface area contributed by atoms with Crippen LogP contribution in [0.15, 0.2) is 12.4 Å². The van der Waals surface area contributed by atoms with Crippen molar-refractivity contribution in [2.24, 2.45) is 5.92 Å². The lowest BCUT2D eigenvalue weighted by Gasteiger charge is -2.31. The zero-order chi connectivity index (χ0) is 12.1. The molecule has 0 bridgehead atoms. The molecule has 17 heavy (non-hydrogen) atoms. The van der Waals surface area contributed by atoms with Crippen LogP contribution in [-0.4, -0.2) is 41.0 Å². The van der Waals surface area contributed by atoms with Crippen LogP contribution in [0.5, 0.6) is 0 Å². The van der Waals surface area contributed by atoms with Gasteiger partial charge in [0.05, 0.1) is 5.69 Å². The quantitative estimate of drug-likeness (QED) is 0.864. The van der Waals surface area contributed by atoms with Gasteiger partial charge in [0.25, 0.3) is 0 Å². The maximum absolute atomic E-state index is 4.31. The van der Waals surface area contributed by atoms with Crippen LogP contribution in [0.3, 0.4) is 0 Å². The Morgan fingerprint density at radius 2 is 2.00 bits per heavy atom. The zero-order valence-electron chi connectivity index (χ0n) is 10.8. The first-order valence-corrected chi connectivity index (χ1v) is 6.53. The lowest BCUT2D eigenvalue weighted by molar-refractivity contribution is 0.198. The molecule has 1 aliphatic heterocycles. The van der Waals surface area contributed by atoms with E-state index in [1.807, 2.05) is 6.92 Å². The molecule has 0 aliphatic carbocycles. The average molecular weight is 234 g/mol. The molecular weight excluding hydrogens is 212 g/mol. The number of hydrogen-bond acceptors (Lipinski definition) is 4. The van der Waals surface area contributed by atoms with Crippen molar-refractivity contribution >= 4 is 5.82 Å². The Labute approximate surface area is 103 Å². The second kappa shape index (κ2) is 5.96. The van der Waals surface area contributed by atoms with Crippen LogP contribution in [0.1, 0.15) is 25.5 Å². The molecule has 0 unspecified atom stereocenters. The molecule has 1 aromatic rings. The lowest BCUT2D eigenvalue weighted by atomic mass is 9.97. The standard InChI is InChI=1S/C13H22N4/c1-3-17-8-4-12(5-9-17)10-16-13-11(2)14-6-7-15-13/h6-7,12H,3-5,8-10H2,1-2H3,(H,15,16). The van der Waals surface area contributed by atoms with Gasteiger partial charge < -0.3 is 10.2 Å². The van der Waals surface area contributed by atoms with Crippen LogP contribution < -0.4 is 5.32 Å². The monoisotopic (exact) mass is 234 g/mol. The van der Waals surface area contributed by atoms with Gasteiger partial charge in [-0.3, -0.25) is 4.98 Å². The summed E-state index contributed by atoms with van der Waals surface area (Å²) >= 11 is 0. The van der Waals surface area contributed by atoms with Crippen molar-refractivity contribution in [3.63, 3.8) is 0 Å². The molecule has 1 aromatic heterocycles. The normalized spacial score (nSPS) is 18.2. The molecule has 2 rings (SSSR count). The highest BCUT2D eigenvalue weighted by Crippen LogP contribution is 2.17. The first-order valence-electron chi connectivity index (χ1n) is 6.53. The first-order chi connectivity index (χ1) is 8.29. The average Bonchev–Trinajstić information content (AvgIpc) is 2.38. The van der Waals surface area contributed by atoms with Crippen molar-refractivity contribution in [3.8, 4) is 0 Å². The maximum Gasteiger partial charge on any atom is 0.147 e. The predicted octanol–water partition coefficient (Wildman–Crippen LogP) is 1.93. The molecule has 1 saturated heterocycles. The fourth-order valence-corrected chi connectivity index (χ4v) is 2.33. The summed E-state index contributed by atoms with van der Waals surface area (Å²) in [5.41, 5.74) is 0.985. The van der Waals surface area contributed by atoms with Crippen LogP contribution in [0, 0.1) is 12.8 Å². The van der Waals surface area contributed by atoms with E-state index in [2.05, 4.69) is 27.1 Å². The minimum Gasteiger partial charge on any atom is -0.368 e. The minimum absolute atomic E-state index is 0.777. The van der Waals surface area contributed by atoms with Gasteiger partial charge in [0.2, 0.25) is 0 Å². The van der Waals surface area contributed by atoms with Gasteiger partial charge in [-0.05, 0) is 45.3 Å². The van der Waals surface area contributed by atoms with Gasteiger partial charge >= 0.3 is 0 Å². The van der Waals surface area contributed by atoms with Crippen LogP contribution in [-0.2, 0) is 0 Å². The van der Waals surface area contributed by atoms with E-state index in [0.717, 1.165) is 24.0 Å². The van der Waals surface area contributed by atoms with Crippen LogP contribution >= 0.6 is 0 Å². The Hall–Kier alpha value is -1.16. The molecule has 1 fully saturated rings. The Morgan fingerprint density at radius 3 is 2.65 bits per heavy atom. The van der Waals surface area contributed by atoms with Gasteiger partial charge in [0, 0.05) is 18.9 Å². The predicted molar refractivity (Wildman–Crippen MR) is 70.1 cm³/mol. The molecule has 94 valence electrons. The third-order valence-electron chi connectivity index (χ3n) is 3.59. The van der Waals surface area contributed by atoms with Gasteiger partial charge in [-0.1, -0.05) is 6.92 Å². The number of aromatic nitrogens is 2. The molecule has 1 aliphatic rings. The van der Waals surface area contributed by atoms with E-state index in [9.17, 15) is 0 Å². The van der Waals surface area contributed by atoms with Crippen LogP contribution in [0.25, 0.3) is 0 Å². The fraction of sp³-hybridized carbons (Fsp3) is 0.692. The van der Waals surface area contributed by atoms with Gasteiger partial charge in [0.1, 0.15) is 5.82 Å². The van der Waals surface area contributed by atoms with Crippen molar-refractivity contribution < 1.29 is 0 Å². The van der Waals surface area contributed by atoms with Crippen molar-refractivity contribution in [2.45, 2.75) is 26.7 Å². The number of rotatable bonds is 4. The lowest BCUT2D eigenvalue weighted by Crippen LogP contribution is -2.35. The zero-order valence-corrected chi connectivity index (χ0v) is 10.8. The minimum atomic E-state index is 0.777. The molecule has 4 heteroatoms. The van der Waals surface area contributed by atoms with E-state index in [1.165, 1.54) is 32.5 Å². The highest BCUT2D eigenvalue weighted by Gasteiger charge is 2.17. The smallest absolute Gasteiger partial charge is 0.147 e. The van der Waals surface area contributed by atoms with Gasteiger partial charge in [-0.15, -0.1) is 0 Å². The number of aryl methyl sites for hydroxylation is 1. The highest BCUT2D eigenvalue weighted by molar-refractivity contribution is 5.38. The Morgan fingerprint density at radius 1 is 1.29 bits per heavy atom. The first kappa shape index (κ1) is 12.3. The Kier molecular flexibility index (Phi) is 4.31. The van der Waals surface area contributed by atoms with E-state index in [4.69, 9.17) is 0 Å². The molecule has 0 spiro atoms. The van der Waals surface area contributed by atoms with E-state index < -0.39 is 0 Å². The molecule has 0 radical (unpaired) electrons. The Bertz CT molecular complexity index is 345. The SMILES string of the molecule is CCN1CCC(CNc2nccnc2C)CC1. The number of nitrogens with zero attached hydrogens (tertiary/aromatic N) is 3. The van der Waals surface area contributed by atoms with E-state index in [-0.39, 0.29) is 0 Å². The second-order valence-electron chi connectivity index (χ2n) is 4.75. The summed E-state index contributed by atoms with van der Waals surface area (Å²) in [5.74, 6) is 1.71. The molecule has 2 heterocycles. The summed E-state index contributed by atoms with van der Waals surface area (Å²) in [6, 6.07) is 0. The summed E-state index contributed by atoms with van der Waals surface area (Å²) in [5, 5.41) is 3.42. The summed E-state index contributed by atoms with van der Waals surface area (Å²) in [6.07, 6.45) is 6.07. The van der Waals surface area contributed by atoms with Crippen molar-refractivity contribution in [3.05, 3.63) is 18.1 Å². The van der Waals surface area contributed by atoms with E-state index in [1.54, 1.807) is 12.4 Å². The maximum atomic E-state index is 4.31. The van der Waals surface area contributed by atoms with Crippen molar-refractivity contribution in [1.82, 2.24) is 14.9 Å². The summed E-state index contributed by atoms with van der Waals surface area (Å²) in [6.45, 7) is 8.92. The van der Waals surface area contributed by atoms with Gasteiger partial charge in [-0.25, -0.2) is 4.98 Å². The van der Waals surface area contributed by atoms with Crippen molar-refractivity contribution in [1.29, 1.82) is 0 Å². The van der Waals surface area contributed by atoms with Gasteiger partial charge in [-0.2, -0.15) is 0 Å². The molecule has 0 aromatic carbocycles. The van der Waals surface area contributed by atoms with Crippen LogP contribution in [0.4, 0.5) is 5.82 Å². The third-order valence-corrected chi connectivity index (χ3v) is 3.59. The number of hydrogen-bond donors (Lipinski definition) is 1. The summed E-state index contributed by atoms with van der Waals surface area (Å²) in [7, 11) is 0. The summed E-state index contributed by atoms with van der Waals surface area (Å²) < 4.78 is 0. The van der Waals surface area contributed by atoms with Crippen molar-refractivity contribution in [2.75, 3.05) is 31.5 Å². The molecule has 4 nitrogen and oxygen atoms in total. The highest BCUT2D eigenvalue weighted by atomic mass is 15.1. The molecule has 0 amide bonds. The largest absolute Gasteiger partial charge is 0.368 e. The number of likely N-dealkylation sites (tertiary alicyclic amines) is 1. The van der Waals surface area contributed by atoms with Gasteiger partial charge in [0.15, 0.2) is 0 Å². The number of piperidine rings is 1. The van der Waals surface area contributed by atoms with Crippen LogP contribution in [0.2, 0.25) is 0 Å². The van der Waals surface area contributed by atoms with E-state index >= 15 is 0 Å². The summed E-state index contributed by atoms with van der Waals surface area (Å²) in [4.78, 5) is 11.1. The third kappa shape index (κ3) is 3.40. The topological polar surface area (TPSA) is 41.0 Å². The number of nitrogens with one attached hydrogen (secondary N) is 1. The molecule has 0 atom stereocenters. The molecule has 0 saturated carbocycles. The fourth-order valence-electron chi connectivity index (χ4n) is 2.33. The molecular formula is C13H22N4.